The number of benzene rings is 1. The third kappa shape index (κ3) is 11.0. The van der Waals surface area contributed by atoms with E-state index in [0.717, 1.165) is 42.9 Å². The molecule has 1 aromatic rings. The monoisotopic (exact) mass is 495 g/mol. The second-order valence-corrected chi connectivity index (χ2v) is 10.0. The molecule has 1 saturated carbocycles. The molecule has 2 rings (SSSR count). The van der Waals surface area contributed by atoms with E-state index in [1.54, 1.807) is 20.1 Å². The Hall–Kier alpha value is -2.62. The topological polar surface area (TPSA) is 55.4 Å². The molecule has 1 aliphatic rings. The summed E-state index contributed by atoms with van der Waals surface area (Å²) in [6, 6.07) is 5.88. The number of ketones is 1. The van der Waals surface area contributed by atoms with Crippen molar-refractivity contribution < 1.29 is 14.3 Å². The van der Waals surface area contributed by atoms with Gasteiger partial charge in [0.25, 0.3) is 0 Å². The van der Waals surface area contributed by atoms with Gasteiger partial charge in [-0.3, -0.25) is 9.59 Å². The smallest absolute Gasteiger partial charge is 0.227 e. The fourth-order valence-electron chi connectivity index (χ4n) is 4.68. The number of allylic oxidation sites excluding steroid dienone is 3. The highest BCUT2D eigenvalue weighted by Gasteiger charge is 2.26. The van der Waals surface area contributed by atoms with Gasteiger partial charge in [0.2, 0.25) is 5.91 Å². The van der Waals surface area contributed by atoms with Crippen molar-refractivity contribution in [3.8, 4) is 0 Å². The van der Waals surface area contributed by atoms with Crippen LogP contribution in [0.5, 0.6) is 0 Å². The van der Waals surface area contributed by atoms with Gasteiger partial charge in [0.05, 0.1) is 7.11 Å². The maximum atomic E-state index is 12.6. The van der Waals surface area contributed by atoms with E-state index in [-0.39, 0.29) is 17.6 Å². The highest BCUT2D eigenvalue weighted by atomic mass is 16.5. The highest BCUT2D eigenvalue weighted by Crippen LogP contribution is 2.31. The molecule has 1 atom stereocenters. The van der Waals surface area contributed by atoms with E-state index >= 15 is 0 Å². The Balaban J connectivity index is 0.000000450. The fraction of sp³-hybridized carbons (Fsp3) is 0.562. The first-order valence-corrected chi connectivity index (χ1v) is 13.7. The SMILES string of the molecule is C=C(/C=C\C(=C/C(C)CC)NC(=O)C1CCC(CCC)CC1)OC.CCc1c(C)cccc1C(C)=O. The minimum atomic E-state index is 0.150. The lowest BCUT2D eigenvalue weighted by atomic mass is 9.79. The van der Waals surface area contributed by atoms with Crippen molar-refractivity contribution in [3.05, 3.63) is 71.2 Å². The molecule has 200 valence electrons. The number of hydrogen-bond acceptors (Lipinski definition) is 3. The van der Waals surface area contributed by atoms with E-state index in [1.807, 2.05) is 31.2 Å². The lowest BCUT2D eigenvalue weighted by Crippen LogP contribution is -2.32. The van der Waals surface area contributed by atoms with Gasteiger partial charge in [0.15, 0.2) is 5.78 Å². The molecule has 0 bridgehead atoms. The molecule has 0 aromatic heterocycles. The number of aryl methyl sites for hydroxylation is 1. The molecular weight excluding hydrogens is 446 g/mol. The van der Waals surface area contributed by atoms with Gasteiger partial charge in [-0.25, -0.2) is 0 Å². The van der Waals surface area contributed by atoms with Gasteiger partial charge >= 0.3 is 0 Å². The Morgan fingerprint density at radius 3 is 2.31 bits per heavy atom. The number of amides is 1. The number of nitrogens with one attached hydrogen (secondary N) is 1. The molecule has 1 aliphatic carbocycles. The molecule has 0 saturated heterocycles. The highest BCUT2D eigenvalue weighted by molar-refractivity contribution is 5.95. The Morgan fingerprint density at radius 2 is 1.81 bits per heavy atom. The van der Waals surface area contributed by atoms with Crippen molar-refractivity contribution in [3.63, 3.8) is 0 Å². The van der Waals surface area contributed by atoms with E-state index in [0.29, 0.717) is 11.7 Å². The first-order valence-electron chi connectivity index (χ1n) is 13.7. The maximum absolute atomic E-state index is 12.6. The van der Waals surface area contributed by atoms with Crippen LogP contribution in [0.15, 0.2) is 54.5 Å². The van der Waals surface area contributed by atoms with E-state index < -0.39 is 0 Å². The minimum Gasteiger partial charge on any atom is -0.497 e. The van der Waals surface area contributed by atoms with E-state index in [9.17, 15) is 9.59 Å². The zero-order valence-electron chi connectivity index (χ0n) is 23.8. The summed E-state index contributed by atoms with van der Waals surface area (Å²) in [5.41, 5.74) is 4.12. The number of carbonyl (C=O) groups is 2. The molecule has 1 amide bonds. The van der Waals surface area contributed by atoms with Crippen LogP contribution in [0.2, 0.25) is 0 Å². The van der Waals surface area contributed by atoms with Gasteiger partial charge in [-0.1, -0.05) is 77.8 Å². The van der Waals surface area contributed by atoms with E-state index in [2.05, 4.69) is 45.7 Å². The second-order valence-electron chi connectivity index (χ2n) is 10.0. The van der Waals surface area contributed by atoms with Gasteiger partial charge in [-0.2, -0.15) is 0 Å². The molecule has 1 N–H and O–H groups in total. The zero-order chi connectivity index (χ0) is 27.1. The van der Waals surface area contributed by atoms with E-state index in [1.165, 1.54) is 36.8 Å². The van der Waals surface area contributed by atoms with Gasteiger partial charge in [-0.05, 0) is 81.1 Å². The largest absolute Gasteiger partial charge is 0.497 e. The molecule has 0 heterocycles. The molecule has 0 aliphatic heterocycles. The number of carbonyl (C=O) groups excluding carboxylic acids is 2. The molecule has 1 unspecified atom stereocenters. The van der Waals surface area contributed by atoms with Crippen LogP contribution in [-0.4, -0.2) is 18.8 Å². The van der Waals surface area contributed by atoms with Crippen molar-refractivity contribution in [2.75, 3.05) is 7.11 Å². The number of Topliss-reactive ketones (excluding diaryl/α,β-unsaturated/α-hetero) is 1. The standard InChI is InChI=1S/C21H35NO2.C11H14O/c1-6-8-18-10-12-19(13-11-18)21(23)22-20(15-16(3)7-2)14-9-17(4)24-5;1-4-10-8(2)6-5-7-11(10)9(3)12/h9,14-16,18-19H,4,6-8,10-13H2,1-3,5H3,(H,22,23);5-7H,4H2,1-3H3/b14-9-,20-15+;. The van der Waals surface area contributed by atoms with Gasteiger partial charge in [0.1, 0.15) is 5.76 Å². The average Bonchev–Trinajstić information content (AvgIpc) is 2.87. The van der Waals surface area contributed by atoms with Crippen molar-refractivity contribution in [2.45, 2.75) is 92.9 Å². The maximum Gasteiger partial charge on any atom is 0.227 e. The predicted molar refractivity (Wildman–Crippen MR) is 152 cm³/mol. The molecule has 36 heavy (non-hydrogen) atoms. The summed E-state index contributed by atoms with van der Waals surface area (Å²) in [6.07, 6.45) is 14.7. The molecule has 4 heteroatoms. The molecule has 4 nitrogen and oxygen atoms in total. The summed E-state index contributed by atoms with van der Waals surface area (Å²) in [7, 11) is 1.60. The Morgan fingerprint density at radius 1 is 1.14 bits per heavy atom. The third-order valence-electron chi connectivity index (χ3n) is 7.14. The lowest BCUT2D eigenvalue weighted by molar-refractivity contribution is -0.125. The number of rotatable bonds is 11. The van der Waals surface area contributed by atoms with Crippen LogP contribution in [0.25, 0.3) is 0 Å². The number of hydrogen-bond donors (Lipinski definition) is 1. The summed E-state index contributed by atoms with van der Waals surface area (Å²) < 4.78 is 5.07. The number of methoxy groups -OCH3 is 1. The normalized spacial score (nSPS) is 18.7. The average molecular weight is 496 g/mol. The van der Waals surface area contributed by atoms with Crippen LogP contribution in [0.1, 0.15) is 101 Å². The second kappa shape index (κ2) is 16.9. The number of ether oxygens (including phenoxy) is 1. The fourth-order valence-corrected chi connectivity index (χ4v) is 4.68. The van der Waals surface area contributed by atoms with Crippen molar-refractivity contribution in [1.29, 1.82) is 0 Å². The van der Waals surface area contributed by atoms with Crippen LogP contribution in [0.3, 0.4) is 0 Å². The van der Waals surface area contributed by atoms with Gasteiger partial charge in [0, 0.05) is 17.2 Å². The van der Waals surface area contributed by atoms with Crippen molar-refractivity contribution >= 4 is 11.7 Å². The third-order valence-corrected chi connectivity index (χ3v) is 7.14. The first kappa shape index (κ1) is 31.4. The van der Waals surface area contributed by atoms with Crippen LogP contribution >= 0.6 is 0 Å². The summed E-state index contributed by atoms with van der Waals surface area (Å²) in [5.74, 6) is 2.29. The van der Waals surface area contributed by atoms with Crippen LogP contribution in [0, 0.1) is 24.7 Å². The molecule has 0 spiro atoms. The zero-order valence-corrected chi connectivity index (χ0v) is 23.8. The molecule has 0 radical (unpaired) electrons. The lowest BCUT2D eigenvalue weighted by Gasteiger charge is -2.27. The Kier molecular flexibility index (Phi) is 14.8. The van der Waals surface area contributed by atoms with Crippen LogP contribution in [0.4, 0.5) is 0 Å². The van der Waals surface area contributed by atoms with Gasteiger partial charge in [-0.15, -0.1) is 0 Å². The molecular formula is C32H49NO3. The quantitative estimate of drug-likeness (QED) is 0.192. The summed E-state index contributed by atoms with van der Waals surface area (Å²) in [5, 5.41) is 3.12. The van der Waals surface area contributed by atoms with E-state index in [4.69, 9.17) is 4.74 Å². The van der Waals surface area contributed by atoms with Gasteiger partial charge < -0.3 is 10.1 Å². The molecule has 1 aromatic carbocycles. The van der Waals surface area contributed by atoms with Crippen molar-refractivity contribution in [2.24, 2.45) is 17.8 Å². The Bertz CT molecular complexity index is 904. The Labute approximate surface area is 220 Å². The summed E-state index contributed by atoms with van der Waals surface area (Å²) >= 11 is 0. The van der Waals surface area contributed by atoms with Crippen LogP contribution in [-0.2, 0) is 16.0 Å². The summed E-state index contributed by atoms with van der Waals surface area (Å²) in [6.45, 7) is 16.1. The van der Waals surface area contributed by atoms with Crippen molar-refractivity contribution in [1.82, 2.24) is 5.32 Å². The minimum absolute atomic E-state index is 0.150. The summed E-state index contributed by atoms with van der Waals surface area (Å²) in [4.78, 5) is 23.8. The molecule has 1 fully saturated rings. The first-order chi connectivity index (χ1) is 17.2. The van der Waals surface area contributed by atoms with Crippen LogP contribution < -0.4 is 5.32 Å². The predicted octanol–water partition coefficient (Wildman–Crippen LogP) is 8.12.